The van der Waals surface area contributed by atoms with Gasteiger partial charge in [0.1, 0.15) is 5.76 Å². The Morgan fingerprint density at radius 2 is 2.10 bits per heavy atom. The van der Waals surface area contributed by atoms with Gasteiger partial charge in [-0.05, 0) is 43.7 Å². The Morgan fingerprint density at radius 3 is 2.85 bits per heavy atom. The maximum absolute atomic E-state index is 12.2. The molecular weight excluding hydrogens is 252 g/mol. The van der Waals surface area contributed by atoms with Crippen LogP contribution in [0.5, 0.6) is 0 Å². The maximum Gasteiger partial charge on any atom is 0.222 e. The summed E-state index contributed by atoms with van der Waals surface area (Å²) in [5.74, 6) is 2.21. The topological polar surface area (TPSA) is 36.7 Å². The van der Waals surface area contributed by atoms with Crippen LogP contribution in [0, 0.1) is 5.92 Å². The van der Waals surface area contributed by atoms with E-state index in [9.17, 15) is 4.79 Å². The molecule has 2 saturated heterocycles. The van der Waals surface area contributed by atoms with Gasteiger partial charge in [0.25, 0.3) is 0 Å². The fourth-order valence-corrected chi connectivity index (χ4v) is 3.85. The zero-order valence-electron chi connectivity index (χ0n) is 11.8. The minimum Gasteiger partial charge on any atom is -0.468 e. The van der Waals surface area contributed by atoms with Crippen molar-refractivity contribution < 1.29 is 9.21 Å². The normalized spacial score (nSPS) is 30.8. The molecule has 2 atom stereocenters. The van der Waals surface area contributed by atoms with Crippen LogP contribution in [0.4, 0.5) is 0 Å². The number of likely N-dealkylation sites (tertiary alicyclic amines) is 2. The van der Waals surface area contributed by atoms with Crippen molar-refractivity contribution in [2.75, 3.05) is 13.1 Å². The predicted octanol–water partition coefficient (Wildman–Crippen LogP) is 2.25. The zero-order valence-corrected chi connectivity index (χ0v) is 11.8. The van der Waals surface area contributed by atoms with Gasteiger partial charge in [0.05, 0.1) is 12.8 Å². The summed E-state index contributed by atoms with van der Waals surface area (Å²) < 4.78 is 5.48. The Hall–Kier alpha value is -1.29. The lowest BCUT2D eigenvalue weighted by Gasteiger charge is -2.40. The van der Waals surface area contributed by atoms with Crippen molar-refractivity contribution in [1.29, 1.82) is 0 Å². The molecule has 3 aliphatic rings. The predicted molar refractivity (Wildman–Crippen MR) is 75.0 cm³/mol. The first-order valence-corrected chi connectivity index (χ1v) is 7.87. The van der Waals surface area contributed by atoms with Crippen LogP contribution in [-0.4, -0.2) is 40.9 Å². The van der Waals surface area contributed by atoms with Crippen LogP contribution in [0.1, 0.15) is 37.9 Å². The summed E-state index contributed by atoms with van der Waals surface area (Å²) in [5, 5.41) is 0. The molecule has 1 saturated carbocycles. The number of hydrogen-bond donors (Lipinski definition) is 0. The summed E-state index contributed by atoms with van der Waals surface area (Å²) in [4.78, 5) is 16.9. The largest absolute Gasteiger partial charge is 0.468 e. The van der Waals surface area contributed by atoms with Crippen LogP contribution < -0.4 is 0 Å². The van der Waals surface area contributed by atoms with Gasteiger partial charge in [-0.3, -0.25) is 9.69 Å². The standard InChI is InChI=1S/C16H22N2O2/c19-16-6-5-14-15(18(16)10-12-3-4-12)7-8-17(14)11-13-2-1-9-20-13/h1-2,9,12,14-15H,3-8,10-11H2/t14-,15-/m1/s1. The number of hydrogen-bond acceptors (Lipinski definition) is 3. The van der Waals surface area contributed by atoms with Gasteiger partial charge in [0.15, 0.2) is 0 Å². The molecule has 3 fully saturated rings. The first kappa shape index (κ1) is 12.5. The number of rotatable bonds is 4. The van der Waals surface area contributed by atoms with Gasteiger partial charge >= 0.3 is 0 Å². The zero-order chi connectivity index (χ0) is 13.5. The molecule has 1 aromatic rings. The number of carbonyl (C=O) groups is 1. The van der Waals surface area contributed by atoms with E-state index in [1.165, 1.54) is 12.8 Å². The van der Waals surface area contributed by atoms with Crippen molar-refractivity contribution in [2.45, 2.75) is 50.7 Å². The molecule has 0 N–H and O–H groups in total. The van der Waals surface area contributed by atoms with Crippen molar-refractivity contribution in [3.8, 4) is 0 Å². The summed E-state index contributed by atoms with van der Waals surface area (Å²) in [7, 11) is 0. The molecule has 0 unspecified atom stereocenters. The molecule has 0 bridgehead atoms. The Balaban J connectivity index is 1.46. The van der Waals surface area contributed by atoms with E-state index >= 15 is 0 Å². The first-order valence-electron chi connectivity index (χ1n) is 7.87. The van der Waals surface area contributed by atoms with Crippen LogP contribution in [0.25, 0.3) is 0 Å². The average molecular weight is 274 g/mol. The number of piperidine rings is 1. The third-order valence-corrected chi connectivity index (χ3v) is 5.09. The van der Waals surface area contributed by atoms with Gasteiger partial charge in [-0.1, -0.05) is 0 Å². The van der Waals surface area contributed by atoms with Crippen molar-refractivity contribution >= 4 is 5.91 Å². The Morgan fingerprint density at radius 1 is 1.20 bits per heavy atom. The van der Waals surface area contributed by atoms with E-state index in [0.29, 0.717) is 18.0 Å². The van der Waals surface area contributed by atoms with Gasteiger partial charge in [-0.2, -0.15) is 0 Å². The Bertz CT molecular complexity index is 481. The number of carbonyl (C=O) groups excluding carboxylic acids is 1. The monoisotopic (exact) mass is 274 g/mol. The van der Waals surface area contributed by atoms with Crippen LogP contribution >= 0.6 is 0 Å². The second kappa shape index (κ2) is 4.92. The molecule has 0 aromatic carbocycles. The highest BCUT2D eigenvalue weighted by Gasteiger charge is 2.44. The minimum absolute atomic E-state index is 0.387. The number of amides is 1. The minimum atomic E-state index is 0.387. The highest BCUT2D eigenvalue weighted by Crippen LogP contribution is 2.36. The third kappa shape index (κ3) is 2.26. The molecule has 3 heterocycles. The van der Waals surface area contributed by atoms with Gasteiger partial charge in [0.2, 0.25) is 5.91 Å². The van der Waals surface area contributed by atoms with Gasteiger partial charge < -0.3 is 9.32 Å². The highest BCUT2D eigenvalue weighted by atomic mass is 16.3. The number of furan rings is 1. The summed E-state index contributed by atoms with van der Waals surface area (Å²) in [5.41, 5.74) is 0. The SMILES string of the molecule is O=C1CC[C@@H]2[C@@H](CCN2Cc2ccco2)N1CC1CC1. The summed E-state index contributed by atoms with van der Waals surface area (Å²) >= 11 is 0. The van der Waals surface area contributed by atoms with Crippen LogP contribution in [0.15, 0.2) is 22.8 Å². The molecule has 4 heteroatoms. The first-order chi connectivity index (χ1) is 9.81. The van der Waals surface area contributed by atoms with Crippen LogP contribution in [-0.2, 0) is 11.3 Å². The lowest BCUT2D eigenvalue weighted by atomic mass is 9.96. The molecule has 4 rings (SSSR count). The molecule has 1 aliphatic carbocycles. The van der Waals surface area contributed by atoms with Crippen molar-refractivity contribution in [3.63, 3.8) is 0 Å². The van der Waals surface area contributed by atoms with Gasteiger partial charge in [0, 0.05) is 31.6 Å². The Labute approximate surface area is 119 Å². The fourth-order valence-electron chi connectivity index (χ4n) is 3.85. The van der Waals surface area contributed by atoms with Gasteiger partial charge in [-0.25, -0.2) is 0 Å². The van der Waals surface area contributed by atoms with E-state index in [0.717, 1.165) is 50.6 Å². The highest BCUT2D eigenvalue weighted by molar-refractivity contribution is 5.77. The Kier molecular flexibility index (Phi) is 3.06. The number of fused-ring (bicyclic) bond motifs is 1. The molecule has 1 amide bonds. The van der Waals surface area contributed by atoms with E-state index in [1.54, 1.807) is 6.26 Å². The smallest absolute Gasteiger partial charge is 0.222 e. The van der Waals surface area contributed by atoms with Crippen molar-refractivity contribution in [1.82, 2.24) is 9.80 Å². The summed E-state index contributed by atoms with van der Waals surface area (Å²) in [6.07, 6.45) is 7.25. The molecule has 0 radical (unpaired) electrons. The third-order valence-electron chi connectivity index (χ3n) is 5.09. The molecule has 108 valence electrons. The van der Waals surface area contributed by atoms with E-state index in [2.05, 4.69) is 9.80 Å². The van der Waals surface area contributed by atoms with E-state index in [-0.39, 0.29) is 0 Å². The van der Waals surface area contributed by atoms with E-state index < -0.39 is 0 Å². The quantitative estimate of drug-likeness (QED) is 0.845. The molecule has 4 nitrogen and oxygen atoms in total. The molecule has 1 aromatic heterocycles. The second-order valence-electron chi connectivity index (χ2n) is 6.50. The lowest BCUT2D eigenvalue weighted by Crippen LogP contribution is -2.52. The number of nitrogens with zero attached hydrogens (tertiary/aromatic N) is 2. The van der Waals surface area contributed by atoms with Gasteiger partial charge in [-0.15, -0.1) is 0 Å². The fraction of sp³-hybridized carbons (Fsp3) is 0.688. The maximum atomic E-state index is 12.2. The summed E-state index contributed by atoms with van der Waals surface area (Å²) in [6.45, 7) is 2.98. The van der Waals surface area contributed by atoms with Crippen LogP contribution in [0.2, 0.25) is 0 Å². The molecule has 20 heavy (non-hydrogen) atoms. The van der Waals surface area contributed by atoms with Crippen LogP contribution in [0.3, 0.4) is 0 Å². The van der Waals surface area contributed by atoms with E-state index in [1.807, 2.05) is 12.1 Å². The lowest BCUT2D eigenvalue weighted by molar-refractivity contribution is -0.138. The molecular formula is C16H22N2O2. The van der Waals surface area contributed by atoms with E-state index in [4.69, 9.17) is 4.42 Å². The van der Waals surface area contributed by atoms with Crippen molar-refractivity contribution in [2.24, 2.45) is 5.92 Å². The van der Waals surface area contributed by atoms with Crippen molar-refractivity contribution in [3.05, 3.63) is 24.2 Å². The molecule has 2 aliphatic heterocycles. The second-order valence-corrected chi connectivity index (χ2v) is 6.50. The average Bonchev–Trinajstić information content (AvgIpc) is 2.96. The summed E-state index contributed by atoms with van der Waals surface area (Å²) in [6, 6.07) is 4.99. The molecule has 0 spiro atoms.